The quantitative estimate of drug-likeness (QED) is 0.897. The van der Waals surface area contributed by atoms with Gasteiger partial charge in [0.1, 0.15) is 5.76 Å². The SMILES string of the molecule is O=C(O)[C@H]1CCCC[C@H]1C(=O)NC1CCCc2occc21. The van der Waals surface area contributed by atoms with Crippen LogP contribution in [0.4, 0.5) is 0 Å². The number of amides is 1. The van der Waals surface area contributed by atoms with E-state index in [0.717, 1.165) is 43.4 Å². The molecule has 114 valence electrons. The summed E-state index contributed by atoms with van der Waals surface area (Å²) in [4.78, 5) is 23.8. The molecule has 5 heteroatoms. The van der Waals surface area contributed by atoms with Gasteiger partial charge in [-0.05, 0) is 31.7 Å². The van der Waals surface area contributed by atoms with Gasteiger partial charge in [0, 0.05) is 12.0 Å². The van der Waals surface area contributed by atoms with E-state index in [4.69, 9.17) is 4.42 Å². The number of furan rings is 1. The first-order chi connectivity index (χ1) is 10.2. The summed E-state index contributed by atoms with van der Waals surface area (Å²) >= 11 is 0. The van der Waals surface area contributed by atoms with Crippen LogP contribution in [0.3, 0.4) is 0 Å². The van der Waals surface area contributed by atoms with Crippen LogP contribution in [0.5, 0.6) is 0 Å². The van der Waals surface area contributed by atoms with Gasteiger partial charge in [-0.25, -0.2) is 0 Å². The molecule has 1 aromatic heterocycles. The van der Waals surface area contributed by atoms with Gasteiger partial charge < -0.3 is 14.8 Å². The largest absolute Gasteiger partial charge is 0.481 e. The smallest absolute Gasteiger partial charge is 0.307 e. The van der Waals surface area contributed by atoms with E-state index in [9.17, 15) is 14.7 Å². The molecule has 1 aromatic rings. The number of nitrogens with one attached hydrogen (secondary N) is 1. The Balaban J connectivity index is 1.70. The molecule has 0 saturated heterocycles. The van der Waals surface area contributed by atoms with E-state index >= 15 is 0 Å². The molecule has 2 aliphatic carbocycles. The van der Waals surface area contributed by atoms with Crippen LogP contribution < -0.4 is 5.32 Å². The fourth-order valence-corrected chi connectivity index (χ4v) is 3.66. The van der Waals surface area contributed by atoms with Gasteiger partial charge in [-0.3, -0.25) is 9.59 Å². The van der Waals surface area contributed by atoms with Crippen molar-refractivity contribution in [2.45, 2.75) is 51.0 Å². The van der Waals surface area contributed by atoms with Crippen molar-refractivity contribution in [1.82, 2.24) is 5.32 Å². The minimum Gasteiger partial charge on any atom is -0.481 e. The number of carbonyl (C=O) groups excluding carboxylic acids is 1. The summed E-state index contributed by atoms with van der Waals surface area (Å²) in [5.74, 6) is -0.937. The number of aryl methyl sites for hydroxylation is 1. The maximum Gasteiger partial charge on any atom is 0.307 e. The van der Waals surface area contributed by atoms with Crippen molar-refractivity contribution in [1.29, 1.82) is 0 Å². The summed E-state index contributed by atoms with van der Waals surface area (Å²) in [6.45, 7) is 0. The number of hydrogen-bond donors (Lipinski definition) is 2. The lowest BCUT2D eigenvalue weighted by Crippen LogP contribution is -2.41. The maximum absolute atomic E-state index is 12.5. The summed E-state index contributed by atoms with van der Waals surface area (Å²) in [5.41, 5.74) is 1.05. The predicted octanol–water partition coefficient (Wildman–Crippen LogP) is 2.66. The van der Waals surface area contributed by atoms with Gasteiger partial charge in [-0.2, -0.15) is 0 Å². The van der Waals surface area contributed by atoms with E-state index in [-0.39, 0.29) is 11.9 Å². The van der Waals surface area contributed by atoms with Crippen LogP contribution in [-0.2, 0) is 16.0 Å². The van der Waals surface area contributed by atoms with Gasteiger partial charge in [-0.15, -0.1) is 0 Å². The van der Waals surface area contributed by atoms with Gasteiger partial charge in [0.2, 0.25) is 5.91 Å². The molecule has 1 heterocycles. The topological polar surface area (TPSA) is 79.5 Å². The van der Waals surface area contributed by atoms with E-state index in [2.05, 4.69) is 5.32 Å². The zero-order chi connectivity index (χ0) is 14.8. The monoisotopic (exact) mass is 291 g/mol. The molecule has 21 heavy (non-hydrogen) atoms. The minimum absolute atomic E-state index is 0.0311. The molecule has 1 saturated carbocycles. The average molecular weight is 291 g/mol. The van der Waals surface area contributed by atoms with Crippen LogP contribution in [0.2, 0.25) is 0 Å². The second kappa shape index (κ2) is 5.92. The lowest BCUT2D eigenvalue weighted by molar-refractivity contribution is -0.149. The van der Waals surface area contributed by atoms with Crippen molar-refractivity contribution in [2.75, 3.05) is 0 Å². The van der Waals surface area contributed by atoms with Crippen LogP contribution in [0.1, 0.15) is 55.9 Å². The van der Waals surface area contributed by atoms with E-state index in [0.29, 0.717) is 12.8 Å². The van der Waals surface area contributed by atoms with E-state index in [1.54, 1.807) is 6.26 Å². The van der Waals surface area contributed by atoms with Gasteiger partial charge in [-0.1, -0.05) is 12.8 Å². The van der Waals surface area contributed by atoms with Crippen LogP contribution in [0.15, 0.2) is 16.7 Å². The number of carbonyl (C=O) groups is 2. The third-order valence-electron chi connectivity index (χ3n) is 4.79. The highest BCUT2D eigenvalue weighted by Gasteiger charge is 2.37. The Labute approximate surface area is 123 Å². The molecule has 3 atom stereocenters. The molecule has 3 rings (SSSR count). The lowest BCUT2D eigenvalue weighted by atomic mass is 9.78. The molecule has 0 aliphatic heterocycles. The third-order valence-corrected chi connectivity index (χ3v) is 4.79. The van der Waals surface area contributed by atoms with E-state index in [1.807, 2.05) is 6.07 Å². The molecule has 2 N–H and O–H groups in total. The Morgan fingerprint density at radius 3 is 2.67 bits per heavy atom. The summed E-state index contributed by atoms with van der Waals surface area (Å²) in [5, 5.41) is 12.3. The minimum atomic E-state index is -0.845. The lowest BCUT2D eigenvalue weighted by Gasteiger charge is -2.30. The van der Waals surface area contributed by atoms with Gasteiger partial charge in [0.25, 0.3) is 0 Å². The second-order valence-electron chi connectivity index (χ2n) is 6.09. The first-order valence-corrected chi connectivity index (χ1v) is 7.76. The Kier molecular flexibility index (Phi) is 3.99. The number of rotatable bonds is 3. The molecule has 1 amide bonds. The van der Waals surface area contributed by atoms with Crippen molar-refractivity contribution < 1.29 is 19.1 Å². The highest BCUT2D eigenvalue weighted by Crippen LogP contribution is 2.34. The first-order valence-electron chi connectivity index (χ1n) is 7.76. The normalized spacial score (nSPS) is 28.7. The van der Waals surface area contributed by atoms with Crippen molar-refractivity contribution in [3.8, 4) is 0 Å². The van der Waals surface area contributed by atoms with Gasteiger partial charge >= 0.3 is 5.97 Å². The van der Waals surface area contributed by atoms with Crippen molar-refractivity contribution >= 4 is 11.9 Å². The molecule has 1 fully saturated rings. The fraction of sp³-hybridized carbons (Fsp3) is 0.625. The van der Waals surface area contributed by atoms with Crippen LogP contribution >= 0.6 is 0 Å². The first kappa shape index (κ1) is 14.2. The average Bonchev–Trinajstić information content (AvgIpc) is 2.96. The zero-order valence-corrected chi connectivity index (χ0v) is 12.0. The number of fused-ring (bicyclic) bond motifs is 1. The summed E-state index contributed by atoms with van der Waals surface area (Å²) in [6, 6.07) is 1.88. The van der Waals surface area contributed by atoms with E-state index in [1.165, 1.54) is 0 Å². The maximum atomic E-state index is 12.5. The van der Waals surface area contributed by atoms with E-state index < -0.39 is 17.8 Å². The van der Waals surface area contributed by atoms with Crippen molar-refractivity contribution in [3.63, 3.8) is 0 Å². The fourth-order valence-electron chi connectivity index (χ4n) is 3.66. The molecule has 1 unspecified atom stereocenters. The molecule has 5 nitrogen and oxygen atoms in total. The second-order valence-corrected chi connectivity index (χ2v) is 6.09. The molecule has 0 radical (unpaired) electrons. The Bertz CT molecular complexity index is 536. The highest BCUT2D eigenvalue weighted by atomic mass is 16.4. The molecular weight excluding hydrogens is 270 g/mol. The van der Waals surface area contributed by atoms with Crippen LogP contribution in [-0.4, -0.2) is 17.0 Å². The standard InChI is InChI=1S/C16H21NO4/c18-15(10-4-1-2-5-11(10)16(19)20)17-13-6-3-7-14-12(13)8-9-21-14/h8-11,13H,1-7H2,(H,17,18)(H,19,20)/t10-,11+,13?/m1/s1. The predicted molar refractivity (Wildman–Crippen MR) is 75.6 cm³/mol. The third kappa shape index (κ3) is 2.82. The Morgan fingerprint density at radius 2 is 1.90 bits per heavy atom. The van der Waals surface area contributed by atoms with Crippen molar-refractivity contribution in [2.24, 2.45) is 11.8 Å². The number of carboxylic acids is 1. The molecular formula is C16H21NO4. The number of carboxylic acid groups (broad SMARTS) is 1. The van der Waals surface area contributed by atoms with Crippen LogP contribution in [0, 0.1) is 11.8 Å². The van der Waals surface area contributed by atoms with Crippen molar-refractivity contribution in [3.05, 3.63) is 23.7 Å². The summed E-state index contributed by atoms with van der Waals surface area (Å²) in [7, 11) is 0. The number of aliphatic carboxylic acids is 1. The molecule has 0 bridgehead atoms. The highest BCUT2D eigenvalue weighted by molar-refractivity contribution is 5.85. The van der Waals surface area contributed by atoms with Crippen LogP contribution in [0.25, 0.3) is 0 Å². The number of hydrogen-bond acceptors (Lipinski definition) is 3. The Morgan fingerprint density at radius 1 is 1.14 bits per heavy atom. The van der Waals surface area contributed by atoms with Gasteiger partial charge in [0.15, 0.2) is 0 Å². The molecule has 0 spiro atoms. The summed E-state index contributed by atoms with van der Waals surface area (Å²) < 4.78 is 5.43. The zero-order valence-electron chi connectivity index (χ0n) is 12.0. The Hall–Kier alpha value is -1.78. The van der Waals surface area contributed by atoms with Gasteiger partial charge in [0.05, 0.1) is 24.1 Å². The molecule has 0 aromatic carbocycles. The summed E-state index contributed by atoms with van der Waals surface area (Å²) in [6.07, 6.45) is 7.56. The molecule has 2 aliphatic rings.